The second-order valence-corrected chi connectivity index (χ2v) is 10.0. The van der Waals surface area contributed by atoms with Crippen LogP contribution in [-0.2, 0) is 26.1 Å². The number of carbonyl (C=O) groups is 2. The van der Waals surface area contributed by atoms with Gasteiger partial charge in [0.2, 0.25) is 15.9 Å². The van der Waals surface area contributed by atoms with Gasteiger partial charge in [0, 0.05) is 17.5 Å². The van der Waals surface area contributed by atoms with E-state index >= 15 is 0 Å². The molecule has 3 rings (SSSR count). The first kappa shape index (κ1) is 23.2. The fourth-order valence-electron chi connectivity index (χ4n) is 3.17. The Bertz CT molecular complexity index is 1100. The van der Waals surface area contributed by atoms with Crippen molar-refractivity contribution in [2.24, 2.45) is 0 Å². The molecule has 1 N–H and O–H groups in total. The molecule has 0 saturated carbocycles. The number of ether oxygens (including phenoxy) is 1. The summed E-state index contributed by atoms with van der Waals surface area (Å²) >= 11 is 1.24. The molecule has 0 radical (unpaired) electrons. The molecule has 1 unspecified atom stereocenters. The van der Waals surface area contributed by atoms with Gasteiger partial charge in [0.05, 0.1) is 36.4 Å². The monoisotopic (exact) mass is 470 g/mol. The van der Waals surface area contributed by atoms with E-state index in [1.54, 1.807) is 12.1 Å². The molecule has 0 spiro atoms. The summed E-state index contributed by atoms with van der Waals surface area (Å²) in [5.41, 5.74) is 0.873. The van der Waals surface area contributed by atoms with E-state index in [2.05, 4.69) is 4.72 Å². The average Bonchev–Trinajstić information content (AvgIpc) is 2.68. The highest BCUT2D eigenvalue weighted by atomic mass is 32.2. The van der Waals surface area contributed by atoms with Gasteiger partial charge in [-0.3, -0.25) is 4.79 Å². The summed E-state index contributed by atoms with van der Waals surface area (Å²) < 4.78 is 57.1. The van der Waals surface area contributed by atoms with Crippen molar-refractivity contribution in [1.82, 2.24) is 4.72 Å². The molecule has 2 aromatic rings. The van der Waals surface area contributed by atoms with Gasteiger partial charge in [-0.05, 0) is 42.3 Å². The van der Waals surface area contributed by atoms with E-state index in [1.165, 1.54) is 29.8 Å². The number of nitrogens with zero attached hydrogens (tertiary/aromatic N) is 1. The van der Waals surface area contributed by atoms with E-state index in [9.17, 15) is 26.8 Å². The number of fused-ring (bicyclic) bond motifs is 1. The van der Waals surface area contributed by atoms with Gasteiger partial charge < -0.3 is 9.64 Å². The number of hydrogen-bond donors (Lipinski definition) is 1. The van der Waals surface area contributed by atoms with Crippen molar-refractivity contribution in [2.45, 2.75) is 23.1 Å². The molecule has 7 nitrogen and oxygen atoms in total. The zero-order valence-corrected chi connectivity index (χ0v) is 18.4. The predicted octanol–water partition coefficient (Wildman–Crippen LogP) is 2.70. The van der Waals surface area contributed by atoms with Crippen molar-refractivity contribution in [2.75, 3.05) is 24.8 Å². The first-order valence-corrected chi connectivity index (χ1v) is 11.9. The third-order valence-electron chi connectivity index (χ3n) is 4.52. The van der Waals surface area contributed by atoms with Crippen LogP contribution in [0.1, 0.15) is 22.3 Å². The number of thioether (sulfide) groups is 1. The smallest absolute Gasteiger partial charge is 0.337 e. The number of anilines is 1. The van der Waals surface area contributed by atoms with Gasteiger partial charge in [-0.15, -0.1) is 11.8 Å². The minimum atomic E-state index is -3.41. The highest BCUT2D eigenvalue weighted by Gasteiger charge is 2.34. The van der Waals surface area contributed by atoms with Crippen molar-refractivity contribution < 1.29 is 31.5 Å². The van der Waals surface area contributed by atoms with Gasteiger partial charge >= 0.3 is 5.97 Å². The van der Waals surface area contributed by atoms with Crippen LogP contribution in [0.5, 0.6) is 0 Å². The second-order valence-electron chi connectivity index (χ2n) is 6.94. The van der Waals surface area contributed by atoms with Crippen LogP contribution in [0.2, 0.25) is 0 Å². The van der Waals surface area contributed by atoms with Gasteiger partial charge in [-0.2, -0.15) is 0 Å². The van der Waals surface area contributed by atoms with Crippen LogP contribution in [0.4, 0.5) is 14.5 Å². The molecule has 0 saturated heterocycles. The van der Waals surface area contributed by atoms with Crippen molar-refractivity contribution >= 4 is 39.3 Å². The lowest BCUT2D eigenvalue weighted by Gasteiger charge is -2.34. The maximum atomic E-state index is 13.7. The SMILES string of the molecule is COC(=O)c1ccc2c(c1)N(Cc1cc(F)cc(F)c1)C(=O)C(CCNS(C)(=O)=O)S2. The fraction of sp³-hybridized carbons (Fsp3) is 0.300. The van der Waals surface area contributed by atoms with Gasteiger partial charge in [-0.1, -0.05) is 0 Å². The zero-order chi connectivity index (χ0) is 22.8. The first-order valence-electron chi connectivity index (χ1n) is 9.17. The summed E-state index contributed by atoms with van der Waals surface area (Å²) in [4.78, 5) is 27.2. The second kappa shape index (κ2) is 9.33. The van der Waals surface area contributed by atoms with Crippen LogP contribution < -0.4 is 9.62 Å². The number of halogens is 2. The first-order chi connectivity index (χ1) is 14.6. The molecule has 0 bridgehead atoms. The van der Waals surface area contributed by atoms with Gasteiger partial charge in [0.1, 0.15) is 11.6 Å². The average molecular weight is 471 g/mol. The molecule has 2 aromatic carbocycles. The Labute approximate surface area is 182 Å². The minimum absolute atomic E-state index is 0.0558. The van der Waals surface area contributed by atoms with Crippen LogP contribution in [0.25, 0.3) is 0 Å². The lowest BCUT2D eigenvalue weighted by atomic mass is 10.1. The van der Waals surface area contributed by atoms with Gasteiger partial charge in [-0.25, -0.2) is 26.7 Å². The topological polar surface area (TPSA) is 92.8 Å². The van der Waals surface area contributed by atoms with Crippen molar-refractivity contribution in [1.29, 1.82) is 0 Å². The van der Waals surface area contributed by atoms with E-state index in [-0.39, 0.29) is 36.5 Å². The molecule has 11 heteroatoms. The van der Waals surface area contributed by atoms with Crippen LogP contribution in [0, 0.1) is 11.6 Å². The van der Waals surface area contributed by atoms with E-state index in [1.807, 2.05) is 0 Å². The van der Waals surface area contributed by atoms with Crippen LogP contribution in [0.3, 0.4) is 0 Å². The molecule has 0 fully saturated rings. The molecule has 1 atom stereocenters. The summed E-state index contributed by atoms with van der Waals surface area (Å²) in [5, 5.41) is -0.621. The Morgan fingerprint density at radius 2 is 1.87 bits per heavy atom. The van der Waals surface area contributed by atoms with Crippen LogP contribution in [-0.4, -0.2) is 45.5 Å². The molecule has 1 heterocycles. The number of sulfonamides is 1. The number of esters is 1. The fourth-order valence-corrected chi connectivity index (χ4v) is 4.87. The number of rotatable bonds is 7. The van der Waals surface area contributed by atoms with E-state index in [0.717, 1.165) is 24.5 Å². The molecule has 166 valence electrons. The highest BCUT2D eigenvalue weighted by molar-refractivity contribution is 8.01. The molecule has 1 amide bonds. The Kier molecular flexibility index (Phi) is 6.97. The van der Waals surface area contributed by atoms with E-state index < -0.39 is 32.9 Å². The summed E-state index contributed by atoms with van der Waals surface area (Å²) in [5.74, 6) is -2.49. The summed E-state index contributed by atoms with van der Waals surface area (Å²) in [6, 6.07) is 7.70. The Morgan fingerprint density at radius 3 is 2.48 bits per heavy atom. The predicted molar refractivity (Wildman–Crippen MR) is 112 cm³/mol. The van der Waals surface area contributed by atoms with E-state index in [4.69, 9.17) is 4.74 Å². The van der Waals surface area contributed by atoms with Gasteiger partial charge in [0.25, 0.3) is 0 Å². The Balaban J connectivity index is 1.96. The van der Waals surface area contributed by atoms with Crippen LogP contribution >= 0.6 is 11.8 Å². The number of methoxy groups -OCH3 is 1. The van der Waals surface area contributed by atoms with Crippen molar-refractivity contribution in [3.63, 3.8) is 0 Å². The van der Waals surface area contributed by atoms with E-state index in [0.29, 0.717) is 10.6 Å². The summed E-state index contributed by atoms with van der Waals surface area (Å²) in [6.07, 6.45) is 1.24. The molecule has 1 aliphatic heterocycles. The number of hydrogen-bond acceptors (Lipinski definition) is 6. The lowest BCUT2D eigenvalue weighted by Crippen LogP contribution is -2.42. The molecule has 31 heavy (non-hydrogen) atoms. The van der Waals surface area contributed by atoms with Crippen molar-refractivity contribution in [3.05, 3.63) is 59.2 Å². The Morgan fingerprint density at radius 1 is 1.19 bits per heavy atom. The molecule has 0 aromatic heterocycles. The third-order valence-corrected chi connectivity index (χ3v) is 6.56. The van der Waals surface area contributed by atoms with Crippen LogP contribution in [0.15, 0.2) is 41.3 Å². The maximum absolute atomic E-state index is 13.7. The largest absolute Gasteiger partial charge is 0.465 e. The summed E-state index contributed by atoms with van der Waals surface area (Å²) in [7, 11) is -2.18. The molecule has 1 aliphatic rings. The zero-order valence-electron chi connectivity index (χ0n) is 16.7. The highest BCUT2D eigenvalue weighted by Crippen LogP contribution is 2.41. The third kappa shape index (κ3) is 5.81. The number of nitrogens with one attached hydrogen (secondary N) is 1. The molecule has 0 aliphatic carbocycles. The number of amides is 1. The summed E-state index contributed by atoms with van der Waals surface area (Å²) in [6.45, 7) is -0.0675. The Hall–Kier alpha value is -2.50. The quantitative estimate of drug-likeness (QED) is 0.626. The lowest BCUT2D eigenvalue weighted by molar-refractivity contribution is -0.118. The number of carbonyl (C=O) groups excluding carboxylic acids is 2. The maximum Gasteiger partial charge on any atom is 0.337 e. The van der Waals surface area contributed by atoms with Crippen molar-refractivity contribution in [3.8, 4) is 0 Å². The van der Waals surface area contributed by atoms with Gasteiger partial charge in [0.15, 0.2) is 0 Å². The standard InChI is InChI=1S/C20H20F2N2O5S2/c1-29-20(26)13-3-4-17-16(9-13)24(11-12-7-14(21)10-15(22)8-12)19(25)18(30-17)5-6-23-31(2,27)28/h3-4,7-10,18,23H,5-6,11H2,1-2H3. The molecular weight excluding hydrogens is 450 g/mol. The normalized spacial score (nSPS) is 16.2. The minimum Gasteiger partial charge on any atom is -0.465 e. The number of benzene rings is 2. The molecular formula is C20H20F2N2O5S2.